The zero-order valence-electron chi connectivity index (χ0n) is 9.65. The molecule has 0 amide bonds. The Kier molecular flexibility index (Phi) is 11.9. The quantitative estimate of drug-likeness (QED) is 0.309. The SMILES string of the molecule is CCCCCCCC(=O)OCS(=O)(=O)O.[Mg]. The fourth-order valence-electron chi connectivity index (χ4n) is 1.09. The number of unbranched alkanes of at least 4 members (excludes halogenated alkanes) is 4. The second-order valence-corrected chi connectivity index (χ2v) is 4.78. The molecule has 0 fully saturated rings. The highest BCUT2D eigenvalue weighted by Crippen LogP contribution is 2.05. The predicted molar refractivity (Wildman–Crippen MR) is 61.6 cm³/mol. The van der Waals surface area contributed by atoms with Crippen LogP contribution in [-0.2, 0) is 19.6 Å². The van der Waals surface area contributed by atoms with E-state index in [0.717, 1.165) is 25.7 Å². The molecule has 16 heavy (non-hydrogen) atoms. The van der Waals surface area contributed by atoms with Crippen molar-refractivity contribution in [3.8, 4) is 0 Å². The standard InChI is InChI=1S/C9H18O5S.Mg/c1-2-3-4-5-6-7-9(10)14-8-15(11,12)13;/h2-8H2,1H3,(H,11,12,13);. The largest absolute Gasteiger partial charge is 0.447 e. The summed E-state index contributed by atoms with van der Waals surface area (Å²) in [5.74, 6) is -1.52. The van der Waals surface area contributed by atoms with Crippen molar-refractivity contribution in [2.45, 2.75) is 45.4 Å². The molecule has 0 spiro atoms. The Morgan fingerprint density at radius 1 is 1.19 bits per heavy atom. The first-order valence-corrected chi connectivity index (χ1v) is 6.67. The van der Waals surface area contributed by atoms with E-state index in [-0.39, 0.29) is 29.5 Å². The van der Waals surface area contributed by atoms with Gasteiger partial charge in [0.25, 0.3) is 0 Å². The smallest absolute Gasteiger partial charge is 0.306 e. The van der Waals surface area contributed by atoms with Crippen LogP contribution in [0.4, 0.5) is 0 Å². The highest BCUT2D eigenvalue weighted by Gasteiger charge is 2.09. The molecular weight excluding hydrogens is 244 g/mol. The van der Waals surface area contributed by atoms with Gasteiger partial charge in [-0.2, -0.15) is 8.42 Å². The van der Waals surface area contributed by atoms with Crippen molar-refractivity contribution in [1.29, 1.82) is 0 Å². The van der Waals surface area contributed by atoms with E-state index >= 15 is 0 Å². The topological polar surface area (TPSA) is 80.7 Å². The predicted octanol–water partition coefficient (Wildman–Crippen LogP) is 1.35. The molecule has 0 aliphatic carbocycles. The maximum Gasteiger partial charge on any atom is 0.306 e. The lowest BCUT2D eigenvalue weighted by Crippen LogP contribution is -2.13. The molecule has 0 aromatic carbocycles. The van der Waals surface area contributed by atoms with E-state index in [4.69, 9.17) is 4.55 Å². The zero-order chi connectivity index (χ0) is 11.7. The van der Waals surface area contributed by atoms with Crippen LogP contribution in [0, 0.1) is 0 Å². The van der Waals surface area contributed by atoms with Crippen molar-refractivity contribution in [2.75, 3.05) is 5.94 Å². The van der Waals surface area contributed by atoms with Crippen LogP contribution in [-0.4, -0.2) is 47.9 Å². The molecule has 0 heterocycles. The first-order chi connectivity index (χ1) is 6.95. The molecule has 7 heteroatoms. The Bertz CT molecular complexity index is 276. The van der Waals surface area contributed by atoms with Crippen LogP contribution >= 0.6 is 0 Å². The summed E-state index contributed by atoms with van der Waals surface area (Å²) in [4.78, 5) is 10.9. The van der Waals surface area contributed by atoms with Crippen LogP contribution in [0.3, 0.4) is 0 Å². The molecule has 0 aliphatic heterocycles. The fourth-order valence-corrected chi connectivity index (χ4v) is 1.37. The van der Waals surface area contributed by atoms with Gasteiger partial charge in [0.2, 0.25) is 5.94 Å². The van der Waals surface area contributed by atoms with Crippen molar-refractivity contribution in [3.05, 3.63) is 0 Å². The van der Waals surface area contributed by atoms with Crippen LogP contribution in [0.1, 0.15) is 45.4 Å². The Labute approximate surface area is 113 Å². The molecule has 2 radical (unpaired) electrons. The van der Waals surface area contributed by atoms with E-state index in [2.05, 4.69) is 11.7 Å². The Balaban J connectivity index is 0. The molecule has 0 aliphatic rings. The minimum atomic E-state index is -4.20. The summed E-state index contributed by atoms with van der Waals surface area (Å²) in [5.41, 5.74) is 0. The van der Waals surface area contributed by atoms with E-state index < -0.39 is 22.0 Å². The summed E-state index contributed by atoms with van der Waals surface area (Å²) in [5, 5.41) is 0. The van der Waals surface area contributed by atoms with E-state index in [1.54, 1.807) is 0 Å². The van der Waals surface area contributed by atoms with Crippen molar-refractivity contribution in [2.24, 2.45) is 0 Å². The van der Waals surface area contributed by atoms with Gasteiger partial charge in [-0.25, -0.2) is 0 Å². The maximum atomic E-state index is 10.9. The number of ether oxygens (including phenoxy) is 1. The average molecular weight is 263 g/mol. The summed E-state index contributed by atoms with van der Waals surface area (Å²) >= 11 is 0. The molecular formula is C9H18MgO5S. The second-order valence-electron chi connectivity index (χ2n) is 3.38. The summed E-state index contributed by atoms with van der Waals surface area (Å²) in [7, 11) is -4.20. The zero-order valence-corrected chi connectivity index (χ0v) is 11.9. The first kappa shape index (κ1) is 18.5. The van der Waals surface area contributed by atoms with Gasteiger partial charge in [0.05, 0.1) is 0 Å². The Morgan fingerprint density at radius 3 is 2.25 bits per heavy atom. The molecule has 0 rings (SSSR count). The molecule has 0 unspecified atom stereocenters. The maximum absolute atomic E-state index is 10.9. The van der Waals surface area contributed by atoms with Gasteiger partial charge >= 0.3 is 16.1 Å². The van der Waals surface area contributed by atoms with Crippen LogP contribution in [0.15, 0.2) is 0 Å². The lowest BCUT2D eigenvalue weighted by molar-refractivity contribution is -0.141. The molecule has 0 saturated heterocycles. The summed E-state index contributed by atoms with van der Waals surface area (Å²) in [6, 6.07) is 0. The van der Waals surface area contributed by atoms with Gasteiger partial charge in [-0.15, -0.1) is 0 Å². The molecule has 0 saturated carbocycles. The lowest BCUT2D eigenvalue weighted by Gasteiger charge is -2.02. The summed E-state index contributed by atoms with van der Waals surface area (Å²) in [6.45, 7) is 2.10. The Morgan fingerprint density at radius 2 is 1.75 bits per heavy atom. The minimum Gasteiger partial charge on any atom is -0.447 e. The van der Waals surface area contributed by atoms with Gasteiger partial charge in [0.1, 0.15) is 0 Å². The van der Waals surface area contributed by atoms with Gasteiger partial charge in [-0.1, -0.05) is 32.6 Å². The number of carbonyl (C=O) groups is 1. The van der Waals surface area contributed by atoms with Gasteiger partial charge in [0, 0.05) is 29.5 Å². The number of hydrogen-bond acceptors (Lipinski definition) is 4. The number of hydrogen-bond donors (Lipinski definition) is 1. The van der Waals surface area contributed by atoms with E-state index in [0.29, 0.717) is 6.42 Å². The van der Waals surface area contributed by atoms with Crippen LogP contribution in [0.25, 0.3) is 0 Å². The fraction of sp³-hybridized carbons (Fsp3) is 0.889. The van der Waals surface area contributed by atoms with Crippen molar-refractivity contribution >= 4 is 39.1 Å². The molecule has 0 bridgehead atoms. The van der Waals surface area contributed by atoms with Crippen molar-refractivity contribution in [1.82, 2.24) is 0 Å². The van der Waals surface area contributed by atoms with E-state index in [1.807, 2.05) is 0 Å². The highest BCUT2D eigenvalue weighted by molar-refractivity contribution is 7.85. The average Bonchev–Trinajstić information content (AvgIpc) is 2.13. The van der Waals surface area contributed by atoms with Gasteiger partial charge < -0.3 is 4.74 Å². The molecule has 92 valence electrons. The van der Waals surface area contributed by atoms with E-state index in [9.17, 15) is 13.2 Å². The number of esters is 1. The Hall–Kier alpha value is 0.146. The van der Waals surface area contributed by atoms with Crippen LogP contribution in [0.5, 0.6) is 0 Å². The number of carbonyl (C=O) groups excluding carboxylic acids is 1. The monoisotopic (exact) mass is 262 g/mol. The van der Waals surface area contributed by atoms with Gasteiger partial charge in [-0.05, 0) is 6.42 Å². The van der Waals surface area contributed by atoms with E-state index in [1.165, 1.54) is 0 Å². The molecule has 0 atom stereocenters. The highest BCUT2D eigenvalue weighted by atomic mass is 32.2. The van der Waals surface area contributed by atoms with Gasteiger partial charge in [-0.3, -0.25) is 9.35 Å². The first-order valence-electron chi connectivity index (χ1n) is 5.06. The summed E-state index contributed by atoms with van der Waals surface area (Å²) in [6.07, 6.45) is 5.19. The third-order valence-corrected chi connectivity index (χ3v) is 2.27. The third-order valence-electron chi connectivity index (χ3n) is 1.85. The molecule has 0 aromatic rings. The number of rotatable bonds is 8. The van der Waals surface area contributed by atoms with Crippen molar-refractivity contribution in [3.63, 3.8) is 0 Å². The minimum absolute atomic E-state index is 0. The second kappa shape index (κ2) is 10.3. The third kappa shape index (κ3) is 14.1. The lowest BCUT2D eigenvalue weighted by atomic mass is 10.1. The molecule has 1 N–H and O–H groups in total. The van der Waals surface area contributed by atoms with Crippen LogP contribution < -0.4 is 0 Å². The van der Waals surface area contributed by atoms with Crippen molar-refractivity contribution < 1.29 is 22.5 Å². The van der Waals surface area contributed by atoms with Gasteiger partial charge in [0.15, 0.2) is 0 Å². The van der Waals surface area contributed by atoms with Crippen LogP contribution in [0.2, 0.25) is 0 Å². The molecule has 0 aromatic heterocycles. The normalized spacial score (nSPS) is 10.6. The molecule has 5 nitrogen and oxygen atoms in total. The summed E-state index contributed by atoms with van der Waals surface area (Å²) < 4.78 is 33.1.